The zero-order valence-corrected chi connectivity index (χ0v) is 20.0. The molecule has 176 valence electrons. The van der Waals surface area contributed by atoms with E-state index in [0.717, 1.165) is 22.9 Å². The highest BCUT2D eigenvalue weighted by molar-refractivity contribution is 7.90. The molecule has 3 aromatic carbocycles. The molecule has 0 bridgehead atoms. The van der Waals surface area contributed by atoms with Gasteiger partial charge in [0.15, 0.2) is 9.84 Å². The van der Waals surface area contributed by atoms with Crippen LogP contribution < -0.4 is 0 Å². The van der Waals surface area contributed by atoms with E-state index in [4.69, 9.17) is 4.74 Å². The molecular weight excluding hydrogens is 450 g/mol. The second kappa shape index (κ2) is 9.81. The summed E-state index contributed by atoms with van der Waals surface area (Å²) in [6, 6.07) is 23.4. The minimum absolute atomic E-state index is 0.142. The standard InChI is InChI=1S/C27H27NO5S/c1-19-8-6-7-11-22(19)17-25(21-12-14-24(15-13-21)34(2,31)32)26(29)28-23(18-33-27(28)30)16-20-9-4-3-5-10-20/h3-15,23,25H,16-18H2,1-2H3. The molecule has 7 heteroatoms. The number of hydrogen-bond donors (Lipinski definition) is 0. The topological polar surface area (TPSA) is 80.8 Å². The van der Waals surface area contributed by atoms with Gasteiger partial charge in [-0.15, -0.1) is 0 Å². The van der Waals surface area contributed by atoms with Crippen LogP contribution in [0, 0.1) is 6.92 Å². The van der Waals surface area contributed by atoms with E-state index in [2.05, 4.69) is 0 Å². The summed E-state index contributed by atoms with van der Waals surface area (Å²) in [4.78, 5) is 27.9. The van der Waals surface area contributed by atoms with Crippen molar-refractivity contribution in [1.82, 2.24) is 4.90 Å². The molecule has 0 aliphatic carbocycles. The van der Waals surface area contributed by atoms with Crippen LogP contribution in [0.5, 0.6) is 0 Å². The third kappa shape index (κ3) is 5.20. The first-order valence-corrected chi connectivity index (χ1v) is 13.0. The number of rotatable bonds is 7. The maximum atomic E-state index is 13.9. The van der Waals surface area contributed by atoms with Crippen molar-refractivity contribution >= 4 is 21.8 Å². The summed E-state index contributed by atoms with van der Waals surface area (Å²) in [5, 5.41) is 0. The third-order valence-corrected chi connectivity index (χ3v) is 7.34. The van der Waals surface area contributed by atoms with E-state index in [0.29, 0.717) is 18.4 Å². The smallest absolute Gasteiger partial charge is 0.417 e. The van der Waals surface area contributed by atoms with Crippen molar-refractivity contribution in [1.29, 1.82) is 0 Å². The van der Waals surface area contributed by atoms with Crippen LogP contribution in [0.25, 0.3) is 0 Å². The minimum atomic E-state index is -3.37. The zero-order chi connectivity index (χ0) is 24.3. The average molecular weight is 478 g/mol. The molecule has 0 N–H and O–H groups in total. The Morgan fingerprint density at radius 3 is 2.29 bits per heavy atom. The number of benzene rings is 3. The first kappa shape index (κ1) is 23.7. The Balaban J connectivity index is 1.69. The molecule has 0 radical (unpaired) electrons. The van der Waals surface area contributed by atoms with Crippen molar-refractivity contribution in [2.75, 3.05) is 12.9 Å². The molecule has 3 aromatic rings. The lowest BCUT2D eigenvalue weighted by atomic mass is 9.88. The summed E-state index contributed by atoms with van der Waals surface area (Å²) in [6.07, 6.45) is 1.38. The van der Waals surface area contributed by atoms with Crippen LogP contribution in [-0.4, -0.2) is 44.2 Å². The molecule has 1 aliphatic heterocycles. The number of aryl methyl sites for hydroxylation is 1. The molecule has 1 aliphatic rings. The Morgan fingerprint density at radius 2 is 1.65 bits per heavy atom. The molecule has 0 aromatic heterocycles. The number of hydrogen-bond acceptors (Lipinski definition) is 5. The summed E-state index contributed by atoms with van der Waals surface area (Å²) >= 11 is 0. The molecule has 0 saturated carbocycles. The Bertz CT molecular complexity index is 1290. The Morgan fingerprint density at radius 1 is 1.00 bits per heavy atom. The number of imide groups is 1. The van der Waals surface area contributed by atoms with Crippen molar-refractivity contribution in [2.45, 2.75) is 36.6 Å². The van der Waals surface area contributed by atoms with Crippen LogP contribution in [0.4, 0.5) is 4.79 Å². The molecule has 4 rings (SSSR count). The van der Waals surface area contributed by atoms with E-state index in [1.165, 1.54) is 17.0 Å². The van der Waals surface area contributed by atoms with Crippen LogP contribution >= 0.6 is 0 Å². The Labute approximate surface area is 200 Å². The van der Waals surface area contributed by atoms with Gasteiger partial charge in [0, 0.05) is 6.26 Å². The number of nitrogens with zero attached hydrogens (tertiary/aromatic N) is 1. The van der Waals surface area contributed by atoms with Crippen molar-refractivity contribution < 1.29 is 22.7 Å². The highest BCUT2D eigenvalue weighted by Gasteiger charge is 2.41. The van der Waals surface area contributed by atoms with E-state index in [1.807, 2.05) is 61.5 Å². The molecule has 0 spiro atoms. The molecule has 1 fully saturated rings. The second-order valence-electron chi connectivity index (χ2n) is 8.65. The maximum absolute atomic E-state index is 13.9. The van der Waals surface area contributed by atoms with Gasteiger partial charge >= 0.3 is 6.09 Å². The molecule has 34 heavy (non-hydrogen) atoms. The van der Waals surface area contributed by atoms with Gasteiger partial charge in [0.1, 0.15) is 6.61 Å². The molecule has 6 nitrogen and oxygen atoms in total. The number of cyclic esters (lactones) is 1. The van der Waals surface area contributed by atoms with Gasteiger partial charge in [-0.2, -0.15) is 0 Å². The Hall–Kier alpha value is -3.45. The fourth-order valence-electron chi connectivity index (χ4n) is 4.29. The summed E-state index contributed by atoms with van der Waals surface area (Å²) < 4.78 is 29.1. The van der Waals surface area contributed by atoms with E-state index in [-0.39, 0.29) is 17.4 Å². The molecule has 2 atom stereocenters. The quantitative estimate of drug-likeness (QED) is 0.506. The van der Waals surface area contributed by atoms with Gasteiger partial charge in [-0.25, -0.2) is 18.1 Å². The number of sulfone groups is 1. The fourth-order valence-corrected chi connectivity index (χ4v) is 4.92. The normalized spacial score (nSPS) is 16.8. The van der Waals surface area contributed by atoms with Crippen molar-refractivity contribution in [3.8, 4) is 0 Å². The van der Waals surface area contributed by atoms with E-state index in [9.17, 15) is 18.0 Å². The maximum Gasteiger partial charge on any atom is 0.417 e. The van der Waals surface area contributed by atoms with Crippen LogP contribution in [0.15, 0.2) is 83.8 Å². The second-order valence-corrected chi connectivity index (χ2v) is 10.7. The number of amides is 2. The molecular formula is C27H27NO5S. The highest BCUT2D eigenvalue weighted by Crippen LogP contribution is 2.29. The lowest BCUT2D eigenvalue weighted by molar-refractivity contribution is -0.130. The number of ether oxygens (including phenoxy) is 1. The lowest BCUT2D eigenvalue weighted by Crippen LogP contribution is -2.43. The third-order valence-electron chi connectivity index (χ3n) is 6.21. The van der Waals surface area contributed by atoms with Crippen LogP contribution in [0.3, 0.4) is 0 Å². The van der Waals surface area contributed by atoms with Crippen LogP contribution in [-0.2, 0) is 32.2 Å². The first-order chi connectivity index (χ1) is 16.2. The Kier molecular flexibility index (Phi) is 6.84. The van der Waals surface area contributed by atoms with Gasteiger partial charge in [-0.1, -0.05) is 66.7 Å². The average Bonchev–Trinajstić information content (AvgIpc) is 3.18. The molecule has 1 heterocycles. The van der Waals surface area contributed by atoms with Crippen molar-refractivity contribution in [3.05, 3.63) is 101 Å². The van der Waals surface area contributed by atoms with Gasteiger partial charge in [0.25, 0.3) is 0 Å². The summed E-state index contributed by atoms with van der Waals surface area (Å²) in [5.74, 6) is -1.02. The van der Waals surface area contributed by atoms with E-state index >= 15 is 0 Å². The zero-order valence-electron chi connectivity index (χ0n) is 19.2. The fraction of sp³-hybridized carbons (Fsp3) is 0.259. The largest absolute Gasteiger partial charge is 0.447 e. The van der Waals surface area contributed by atoms with Crippen molar-refractivity contribution in [3.63, 3.8) is 0 Å². The summed E-state index contributed by atoms with van der Waals surface area (Å²) in [6.45, 7) is 2.12. The van der Waals surface area contributed by atoms with E-state index in [1.54, 1.807) is 12.1 Å². The van der Waals surface area contributed by atoms with Gasteiger partial charge < -0.3 is 4.74 Å². The minimum Gasteiger partial charge on any atom is -0.447 e. The predicted molar refractivity (Wildman–Crippen MR) is 129 cm³/mol. The predicted octanol–water partition coefficient (Wildman–Crippen LogP) is 4.31. The monoisotopic (exact) mass is 477 g/mol. The molecule has 1 saturated heterocycles. The molecule has 2 amide bonds. The molecule has 2 unspecified atom stereocenters. The van der Waals surface area contributed by atoms with Crippen LogP contribution in [0.2, 0.25) is 0 Å². The van der Waals surface area contributed by atoms with Gasteiger partial charge in [0.2, 0.25) is 5.91 Å². The van der Waals surface area contributed by atoms with Crippen molar-refractivity contribution in [2.24, 2.45) is 0 Å². The van der Waals surface area contributed by atoms with Crippen LogP contribution in [0.1, 0.15) is 28.2 Å². The van der Waals surface area contributed by atoms with E-state index < -0.39 is 27.9 Å². The first-order valence-electron chi connectivity index (χ1n) is 11.1. The summed E-state index contributed by atoms with van der Waals surface area (Å²) in [7, 11) is -3.37. The summed E-state index contributed by atoms with van der Waals surface area (Å²) in [5.41, 5.74) is 3.69. The van der Waals surface area contributed by atoms with Gasteiger partial charge in [-0.3, -0.25) is 4.79 Å². The highest BCUT2D eigenvalue weighted by atomic mass is 32.2. The number of carbonyl (C=O) groups excluding carboxylic acids is 2. The number of carbonyl (C=O) groups is 2. The van der Waals surface area contributed by atoms with Gasteiger partial charge in [-0.05, 0) is 54.2 Å². The SMILES string of the molecule is Cc1ccccc1CC(C(=O)N1C(=O)OCC1Cc1ccccc1)c1ccc(S(C)(=O)=O)cc1. The van der Waals surface area contributed by atoms with Gasteiger partial charge in [0.05, 0.1) is 16.9 Å². The lowest BCUT2D eigenvalue weighted by Gasteiger charge is -2.26.